The standard InChI is InChI=1S/2C5H5.CH3.ClH.Hf/c2*1-2-4-5-3-1;;;/h2*1-3H,4H2;1H3;1H;/q3*-1;;+4/p-1. The molecule has 2 rings (SSSR count). The van der Waals surface area contributed by atoms with Crippen LogP contribution in [0.1, 0.15) is 12.8 Å². The Bertz CT molecular complexity index is 148. The third-order valence-corrected chi connectivity index (χ3v) is 1.17. The van der Waals surface area contributed by atoms with E-state index in [1.807, 2.05) is 24.3 Å². The second kappa shape index (κ2) is 14.6. The predicted molar refractivity (Wildman–Crippen MR) is 49.6 cm³/mol. The van der Waals surface area contributed by atoms with Crippen molar-refractivity contribution in [2.75, 3.05) is 0 Å². The molecule has 2 heteroatoms. The maximum Gasteiger partial charge on any atom is 4.00 e. The Labute approximate surface area is 107 Å². The van der Waals surface area contributed by atoms with Gasteiger partial charge in [-0.1, -0.05) is 0 Å². The minimum Gasteiger partial charge on any atom is -1.00 e. The average molecular weight is 359 g/mol. The van der Waals surface area contributed by atoms with Gasteiger partial charge in [-0.15, -0.1) is 12.8 Å². The molecule has 0 heterocycles. The number of hydrogen-bond acceptors (Lipinski definition) is 0. The zero-order valence-corrected chi connectivity index (χ0v) is 12.1. The van der Waals surface area contributed by atoms with E-state index < -0.39 is 0 Å². The molecule has 0 N–H and O–H groups in total. The van der Waals surface area contributed by atoms with Gasteiger partial charge in [0, 0.05) is 0 Å². The quantitative estimate of drug-likeness (QED) is 0.424. The van der Waals surface area contributed by atoms with Crippen LogP contribution in [0.3, 0.4) is 0 Å². The molecule has 0 bridgehead atoms. The van der Waals surface area contributed by atoms with Crippen LogP contribution in [0.5, 0.6) is 0 Å². The summed E-state index contributed by atoms with van der Waals surface area (Å²) < 4.78 is 0. The summed E-state index contributed by atoms with van der Waals surface area (Å²) in [7, 11) is 0. The monoisotopic (exact) mass is 360 g/mol. The molecule has 0 atom stereocenters. The fraction of sp³-hybridized carbons (Fsp3) is 0.182. The summed E-state index contributed by atoms with van der Waals surface area (Å²) in [6.45, 7) is 0. The Morgan fingerprint density at radius 1 is 0.846 bits per heavy atom. The molecule has 0 radical (unpaired) electrons. The zero-order chi connectivity index (χ0) is 7.07. The fourth-order valence-corrected chi connectivity index (χ4v) is 0.680. The number of allylic oxidation sites excluding steroid dienone is 8. The van der Waals surface area contributed by atoms with Gasteiger partial charge in [0.15, 0.2) is 0 Å². The maximum atomic E-state index is 2.99. The van der Waals surface area contributed by atoms with E-state index in [2.05, 4.69) is 24.3 Å². The molecule has 2 aliphatic rings. The Balaban J connectivity index is -0.000000125. The van der Waals surface area contributed by atoms with Crippen LogP contribution in [0.15, 0.2) is 36.5 Å². The van der Waals surface area contributed by atoms with Crippen LogP contribution in [-0.4, -0.2) is 0 Å². The Kier molecular flexibility index (Phi) is 21.2. The van der Waals surface area contributed by atoms with Gasteiger partial charge in [0.1, 0.15) is 0 Å². The topological polar surface area (TPSA) is 0 Å². The molecule has 68 valence electrons. The molecule has 0 aromatic rings. The van der Waals surface area contributed by atoms with Crippen LogP contribution in [0.25, 0.3) is 0 Å². The summed E-state index contributed by atoms with van der Waals surface area (Å²) in [5.41, 5.74) is 0. The van der Waals surface area contributed by atoms with Crippen LogP contribution in [0.2, 0.25) is 0 Å². The van der Waals surface area contributed by atoms with Crippen LogP contribution >= 0.6 is 0 Å². The SMILES string of the molecule is [C-]1=CC=CC1.[C-]1=CC=CC1.[CH3-].[Cl-].[Hf+4]. The first-order valence-electron chi connectivity index (χ1n) is 3.43. The second-order valence-corrected chi connectivity index (χ2v) is 2.01. The summed E-state index contributed by atoms with van der Waals surface area (Å²) in [6.07, 6.45) is 20.0. The van der Waals surface area contributed by atoms with Crippen molar-refractivity contribution < 1.29 is 38.3 Å². The van der Waals surface area contributed by atoms with E-state index in [4.69, 9.17) is 0 Å². The van der Waals surface area contributed by atoms with Crippen LogP contribution in [0, 0.1) is 19.6 Å². The predicted octanol–water partition coefficient (Wildman–Crippen LogP) is 0.0632. The van der Waals surface area contributed by atoms with Gasteiger partial charge < -0.3 is 19.8 Å². The van der Waals surface area contributed by atoms with Crippen molar-refractivity contribution in [1.29, 1.82) is 0 Å². The van der Waals surface area contributed by atoms with E-state index in [1.54, 1.807) is 0 Å². The van der Waals surface area contributed by atoms with E-state index in [9.17, 15) is 0 Å². The molecule has 0 unspecified atom stereocenters. The minimum absolute atomic E-state index is 0. The summed E-state index contributed by atoms with van der Waals surface area (Å²) in [4.78, 5) is 0. The Morgan fingerprint density at radius 3 is 1.31 bits per heavy atom. The van der Waals surface area contributed by atoms with Gasteiger partial charge in [-0.3, -0.25) is 12.2 Å². The number of hydrogen-bond donors (Lipinski definition) is 0. The molecule has 0 amide bonds. The van der Waals surface area contributed by atoms with E-state index in [0.717, 1.165) is 12.8 Å². The van der Waals surface area contributed by atoms with Gasteiger partial charge in [0.25, 0.3) is 0 Å². The molecule has 0 aromatic heterocycles. The maximum absolute atomic E-state index is 2.99. The zero-order valence-electron chi connectivity index (χ0n) is 7.76. The third-order valence-electron chi connectivity index (χ3n) is 1.17. The van der Waals surface area contributed by atoms with Crippen LogP contribution < -0.4 is 12.4 Å². The molecule has 0 nitrogen and oxygen atoms in total. The van der Waals surface area contributed by atoms with Crippen molar-refractivity contribution in [3.63, 3.8) is 0 Å². The van der Waals surface area contributed by atoms with E-state index in [1.165, 1.54) is 0 Å². The molecule has 0 spiro atoms. The molecule has 2 aliphatic carbocycles. The normalized spacial score (nSPS) is 13.5. The summed E-state index contributed by atoms with van der Waals surface area (Å²) >= 11 is 0. The molecule has 0 saturated carbocycles. The van der Waals surface area contributed by atoms with Crippen molar-refractivity contribution in [3.05, 3.63) is 56.0 Å². The van der Waals surface area contributed by atoms with Crippen LogP contribution in [-0.2, 0) is 25.8 Å². The molecule has 0 aromatic carbocycles. The minimum atomic E-state index is 0. The largest absolute Gasteiger partial charge is 4.00 e. The van der Waals surface area contributed by atoms with Gasteiger partial charge >= 0.3 is 25.8 Å². The van der Waals surface area contributed by atoms with E-state index >= 15 is 0 Å². The Morgan fingerprint density at radius 2 is 1.23 bits per heavy atom. The first-order chi connectivity index (χ1) is 5.00. The van der Waals surface area contributed by atoms with Gasteiger partial charge in [0.2, 0.25) is 0 Å². The molecule has 0 fully saturated rings. The molecule has 13 heavy (non-hydrogen) atoms. The summed E-state index contributed by atoms with van der Waals surface area (Å²) in [6, 6.07) is 0. The smallest absolute Gasteiger partial charge is 1.00 e. The van der Waals surface area contributed by atoms with Crippen molar-refractivity contribution in [3.8, 4) is 0 Å². The van der Waals surface area contributed by atoms with E-state index in [-0.39, 0.29) is 45.7 Å². The number of halogens is 1. The van der Waals surface area contributed by atoms with Crippen molar-refractivity contribution in [1.82, 2.24) is 0 Å². The summed E-state index contributed by atoms with van der Waals surface area (Å²) in [5, 5.41) is 0. The first-order valence-corrected chi connectivity index (χ1v) is 3.43. The molecule has 0 aliphatic heterocycles. The van der Waals surface area contributed by atoms with Gasteiger partial charge in [-0.2, -0.15) is 12.2 Å². The third kappa shape index (κ3) is 12.1. The van der Waals surface area contributed by atoms with Crippen molar-refractivity contribution in [2.24, 2.45) is 0 Å². The van der Waals surface area contributed by atoms with Crippen LogP contribution in [0.4, 0.5) is 0 Å². The molecular formula is C11H13ClHf. The second-order valence-electron chi connectivity index (χ2n) is 2.01. The average Bonchev–Trinajstić information content (AvgIpc) is 2.67. The van der Waals surface area contributed by atoms with Crippen molar-refractivity contribution in [2.45, 2.75) is 12.8 Å². The van der Waals surface area contributed by atoms with E-state index in [0.29, 0.717) is 0 Å². The molecular weight excluding hydrogens is 346 g/mol. The Hall–Kier alpha value is 0.120. The summed E-state index contributed by atoms with van der Waals surface area (Å²) in [5.74, 6) is 0. The van der Waals surface area contributed by atoms with Crippen molar-refractivity contribution >= 4 is 0 Å². The van der Waals surface area contributed by atoms with Gasteiger partial charge in [-0.25, -0.2) is 24.3 Å². The molecule has 0 saturated heterocycles. The first kappa shape index (κ1) is 18.8. The fourth-order valence-electron chi connectivity index (χ4n) is 0.680. The van der Waals surface area contributed by atoms with Gasteiger partial charge in [0.05, 0.1) is 0 Å². The number of rotatable bonds is 0. The van der Waals surface area contributed by atoms with Gasteiger partial charge in [-0.05, 0) is 0 Å².